The lowest BCUT2D eigenvalue weighted by Gasteiger charge is -2.21. The Balaban J connectivity index is 1.46. The van der Waals surface area contributed by atoms with Gasteiger partial charge in [-0.1, -0.05) is 12.1 Å². The van der Waals surface area contributed by atoms with Gasteiger partial charge in [-0.3, -0.25) is 4.57 Å². The van der Waals surface area contributed by atoms with E-state index < -0.39 is 46.3 Å². The van der Waals surface area contributed by atoms with E-state index in [0.717, 1.165) is 49.3 Å². The molecule has 2 aromatic heterocycles. The number of halogens is 3. The van der Waals surface area contributed by atoms with Crippen LogP contribution >= 0.6 is 18.9 Å². The van der Waals surface area contributed by atoms with E-state index in [-0.39, 0.29) is 4.21 Å². The summed E-state index contributed by atoms with van der Waals surface area (Å²) in [6.07, 6.45) is 1.73. The number of aryl methyl sites for hydroxylation is 1. The van der Waals surface area contributed by atoms with Gasteiger partial charge in [0.05, 0.1) is 23.8 Å². The van der Waals surface area contributed by atoms with Gasteiger partial charge in [0.15, 0.2) is 12.4 Å². The van der Waals surface area contributed by atoms with Crippen LogP contribution in [-0.4, -0.2) is 24.8 Å². The largest absolute Gasteiger partial charge is 0.494 e. The summed E-state index contributed by atoms with van der Waals surface area (Å²) in [5.74, 6) is -1.80. The molecule has 0 radical (unpaired) electrons. The fourth-order valence-electron chi connectivity index (χ4n) is 4.16. The van der Waals surface area contributed by atoms with E-state index >= 15 is 0 Å². The smallest absolute Gasteiger partial charge is 0.417 e. The third-order valence-electron chi connectivity index (χ3n) is 6.23. The van der Waals surface area contributed by atoms with Crippen molar-refractivity contribution in [1.29, 1.82) is 5.26 Å². The molecule has 0 saturated carbocycles. The highest BCUT2D eigenvalue weighted by Crippen LogP contribution is 2.51. The fourth-order valence-corrected chi connectivity index (χ4v) is 8.17. The van der Waals surface area contributed by atoms with Crippen LogP contribution in [0.2, 0.25) is 0 Å². The molecule has 0 fully saturated rings. The summed E-state index contributed by atoms with van der Waals surface area (Å²) < 4.78 is 88.8. The Morgan fingerprint density at radius 1 is 1.05 bits per heavy atom. The van der Waals surface area contributed by atoms with Gasteiger partial charge in [0.2, 0.25) is 0 Å². The van der Waals surface area contributed by atoms with Crippen LogP contribution < -0.4 is 14.0 Å². The lowest BCUT2D eigenvalue weighted by atomic mass is 10.0. The van der Waals surface area contributed by atoms with Crippen molar-refractivity contribution in [3.63, 3.8) is 0 Å². The van der Waals surface area contributed by atoms with Crippen LogP contribution in [0.25, 0.3) is 10.1 Å². The number of nitrogens with zero attached hydrogens (tertiary/aromatic N) is 2. The SMILES string of the molecule is N#Cc1ccc(C(NS(=O)(=O)c2cc3ccc(OCCCCC[n+]4ccccc4)cc3s2)P(=O)(O)O)cc1C(F)(F)F. The minimum Gasteiger partial charge on any atom is -0.494 e. The molecule has 0 aliphatic rings. The van der Waals surface area contributed by atoms with Crippen molar-refractivity contribution in [2.75, 3.05) is 6.61 Å². The number of sulfonamides is 1. The zero-order chi connectivity index (χ0) is 30.5. The van der Waals surface area contributed by atoms with Gasteiger partial charge in [-0.15, -0.1) is 11.3 Å². The van der Waals surface area contributed by atoms with Gasteiger partial charge in [0, 0.05) is 23.3 Å². The standard InChI is InChI=1S/C27H25F3N3O6PS2/c28-27(29,30)23-15-20(7-8-21(23)18-31)26(40(34,35)36)32-42(37,38)25-16-19-9-10-22(17-24(19)41-25)39-14-6-2-5-13-33-11-3-1-4-12-33/h1,3-4,7-12,15-17,26,32H,2,5-6,13-14H2,(H-,34,35,36)/p+1. The van der Waals surface area contributed by atoms with Gasteiger partial charge in [0.25, 0.3) is 10.0 Å². The summed E-state index contributed by atoms with van der Waals surface area (Å²) in [7, 11) is -9.94. The molecule has 42 heavy (non-hydrogen) atoms. The molecule has 2 aromatic carbocycles. The predicted molar refractivity (Wildman–Crippen MR) is 149 cm³/mol. The Hall–Kier alpha value is -3.31. The molecule has 1 unspecified atom stereocenters. The van der Waals surface area contributed by atoms with Crippen LogP contribution in [0.5, 0.6) is 5.75 Å². The Kier molecular flexibility index (Phi) is 9.72. The number of ether oxygens (including phenoxy) is 1. The molecule has 0 amide bonds. The number of thiophene rings is 1. The molecule has 15 heteroatoms. The molecule has 3 N–H and O–H groups in total. The summed E-state index contributed by atoms with van der Waals surface area (Å²) in [5.41, 5.74) is -2.85. The summed E-state index contributed by atoms with van der Waals surface area (Å²) >= 11 is 0.815. The first-order valence-corrected chi connectivity index (χ1v) is 16.6. The molecule has 9 nitrogen and oxygen atoms in total. The maximum atomic E-state index is 13.4. The summed E-state index contributed by atoms with van der Waals surface area (Å²) in [6.45, 7) is 1.35. The second-order valence-corrected chi connectivity index (χ2v) is 14.0. The van der Waals surface area contributed by atoms with E-state index in [2.05, 4.69) is 4.57 Å². The molecule has 0 aliphatic heterocycles. The monoisotopic (exact) mass is 640 g/mol. The zero-order valence-corrected chi connectivity index (χ0v) is 24.4. The van der Waals surface area contributed by atoms with Gasteiger partial charge in [-0.2, -0.15) is 23.2 Å². The molecule has 0 aliphatic carbocycles. The lowest BCUT2D eigenvalue weighted by Crippen LogP contribution is -2.32. The van der Waals surface area contributed by atoms with Crippen molar-refractivity contribution < 1.29 is 45.2 Å². The molecule has 0 bridgehead atoms. The number of hydrogen-bond donors (Lipinski definition) is 3. The van der Waals surface area contributed by atoms with E-state index in [1.807, 2.05) is 35.3 Å². The van der Waals surface area contributed by atoms with Crippen LogP contribution in [0.3, 0.4) is 0 Å². The highest BCUT2D eigenvalue weighted by molar-refractivity contribution is 7.92. The first kappa shape index (κ1) is 31.6. The van der Waals surface area contributed by atoms with E-state index in [1.165, 1.54) is 12.1 Å². The van der Waals surface area contributed by atoms with Crippen molar-refractivity contribution in [1.82, 2.24) is 4.72 Å². The second-order valence-electron chi connectivity index (χ2n) is 9.32. The third-order valence-corrected chi connectivity index (χ3v) is 10.5. The topological polar surface area (TPSA) is 141 Å². The van der Waals surface area contributed by atoms with Crippen LogP contribution in [0.15, 0.2) is 77.3 Å². The van der Waals surface area contributed by atoms with Crippen LogP contribution in [-0.2, 0) is 27.3 Å². The van der Waals surface area contributed by atoms with Crippen molar-refractivity contribution in [3.05, 3.63) is 89.7 Å². The number of benzene rings is 2. The number of pyridine rings is 1. The van der Waals surface area contributed by atoms with Gasteiger partial charge >= 0.3 is 13.8 Å². The first-order chi connectivity index (χ1) is 19.8. The van der Waals surface area contributed by atoms with Crippen LogP contribution in [0.4, 0.5) is 13.2 Å². The highest BCUT2D eigenvalue weighted by atomic mass is 32.2. The number of hydrogen-bond acceptors (Lipinski definition) is 6. The molecular formula is C27H26F3N3O6PS2+. The number of aromatic nitrogens is 1. The normalized spacial score (nSPS) is 13.1. The number of rotatable bonds is 12. The highest BCUT2D eigenvalue weighted by Gasteiger charge is 2.39. The Labute approximate surface area is 244 Å². The predicted octanol–water partition coefficient (Wildman–Crippen LogP) is 5.48. The Bertz CT molecular complexity index is 1750. The third kappa shape index (κ3) is 7.95. The molecular weight excluding hydrogens is 614 g/mol. The average molecular weight is 641 g/mol. The number of alkyl halides is 3. The molecule has 1 atom stereocenters. The summed E-state index contributed by atoms with van der Waals surface area (Å²) in [4.78, 5) is 19.7. The quantitative estimate of drug-likeness (QED) is 0.106. The number of fused-ring (bicyclic) bond motifs is 1. The van der Waals surface area contributed by atoms with Crippen molar-refractivity contribution in [3.8, 4) is 11.8 Å². The summed E-state index contributed by atoms with van der Waals surface area (Å²) in [5, 5.41) is 9.52. The molecule has 2 heterocycles. The van der Waals surface area contributed by atoms with Crippen molar-refractivity contribution in [2.45, 2.75) is 42.0 Å². The lowest BCUT2D eigenvalue weighted by molar-refractivity contribution is -0.697. The number of unbranched alkanes of at least 4 members (excludes halogenated alkanes) is 2. The van der Waals surface area contributed by atoms with Gasteiger partial charge in [0.1, 0.15) is 22.3 Å². The first-order valence-electron chi connectivity index (χ1n) is 12.6. The number of nitrogens with one attached hydrogen (secondary N) is 1. The minimum atomic E-state index is -5.35. The molecule has 222 valence electrons. The average Bonchev–Trinajstić information content (AvgIpc) is 3.37. The van der Waals surface area contributed by atoms with E-state index in [9.17, 15) is 35.9 Å². The Morgan fingerprint density at radius 2 is 1.79 bits per heavy atom. The van der Waals surface area contributed by atoms with Crippen LogP contribution in [0, 0.1) is 11.3 Å². The van der Waals surface area contributed by atoms with E-state index in [4.69, 9.17) is 10.00 Å². The fraction of sp³-hybridized carbons (Fsp3) is 0.259. The van der Waals surface area contributed by atoms with E-state index in [0.29, 0.717) is 28.5 Å². The minimum absolute atomic E-state index is 0.295. The molecule has 0 saturated heterocycles. The Morgan fingerprint density at radius 3 is 2.45 bits per heavy atom. The van der Waals surface area contributed by atoms with E-state index in [1.54, 1.807) is 18.2 Å². The van der Waals surface area contributed by atoms with Crippen LogP contribution in [0.1, 0.15) is 41.7 Å². The molecule has 4 rings (SSSR count). The maximum Gasteiger partial charge on any atom is 0.417 e. The second kappa shape index (κ2) is 12.9. The molecule has 4 aromatic rings. The van der Waals surface area contributed by atoms with Crippen molar-refractivity contribution in [2.24, 2.45) is 0 Å². The number of nitriles is 1. The van der Waals surface area contributed by atoms with Gasteiger partial charge < -0.3 is 14.5 Å². The maximum absolute atomic E-state index is 13.4. The van der Waals surface area contributed by atoms with Gasteiger partial charge in [-0.25, -0.2) is 13.0 Å². The summed E-state index contributed by atoms with van der Waals surface area (Å²) in [6, 6.07) is 15.5. The molecule has 0 spiro atoms. The zero-order valence-electron chi connectivity index (χ0n) is 21.9. The van der Waals surface area contributed by atoms with Gasteiger partial charge in [-0.05, 0) is 60.2 Å². The van der Waals surface area contributed by atoms with Crippen molar-refractivity contribution >= 4 is 39.0 Å².